The highest BCUT2D eigenvalue weighted by Crippen LogP contribution is 2.61. The van der Waals surface area contributed by atoms with Gasteiger partial charge in [-0.2, -0.15) is 18.7 Å². The fourth-order valence-electron chi connectivity index (χ4n) is 4.44. The molecule has 5 heteroatoms. The van der Waals surface area contributed by atoms with Crippen molar-refractivity contribution in [1.82, 2.24) is 15.0 Å². The highest BCUT2D eigenvalue weighted by Gasteiger charge is 2.56. The molecule has 0 unspecified atom stereocenters. The summed E-state index contributed by atoms with van der Waals surface area (Å²) in [4.78, 5) is 11.8. The Morgan fingerprint density at radius 3 is 1.86 bits per heavy atom. The maximum Gasteiger partial charge on any atom is 0.219 e. The first-order valence-corrected chi connectivity index (χ1v) is 9.77. The second-order valence-corrected chi connectivity index (χ2v) is 9.40. The largest absolute Gasteiger partial charge is 0.255 e. The standard InChI is InChI=1S/C24H25F2N3/c1-22(2)16-9-7-14(11-17(16)23(3,4)24(22,5)6)18-10-8-15(13-27-18)21-28-19(25)12-20(26)29-21/h7-13H,1-6H3. The van der Waals surface area contributed by atoms with E-state index in [1.165, 1.54) is 11.1 Å². The van der Waals surface area contributed by atoms with Gasteiger partial charge in [0.25, 0.3) is 0 Å². The normalized spacial score (nSPS) is 18.5. The molecular formula is C24H25F2N3. The van der Waals surface area contributed by atoms with Gasteiger partial charge in [0, 0.05) is 23.4 Å². The summed E-state index contributed by atoms with van der Waals surface area (Å²) in [6, 6.07) is 10.8. The van der Waals surface area contributed by atoms with Gasteiger partial charge in [-0.05, 0) is 45.6 Å². The predicted molar refractivity (Wildman–Crippen MR) is 110 cm³/mol. The van der Waals surface area contributed by atoms with E-state index in [-0.39, 0.29) is 22.1 Å². The van der Waals surface area contributed by atoms with Crippen molar-refractivity contribution in [2.75, 3.05) is 0 Å². The summed E-state index contributed by atoms with van der Waals surface area (Å²) in [5.74, 6) is -1.81. The molecule has 29 heavy (non-hydrogen) atoms. The van der Waals surface area contributed by atoms with Crippen molar-refractivity contribution >= 4 is 0 Å². The van der Waals surface area contributed by atoms with Crippen molar-refractivity contribution in [1.29, 1.82) is 0 Å². The number of hydrogen-bond donors (Lipinski definition) is 0. The zero-order valence-corrected chi connectivity index (χ0v) is 17.6. The minimum atomic E-state index is -0.900. The third-order valence-corrected chi connectivity index (χ3v) is 7.47. The lowest BCUT2D eigenvalue weighted by Crippen LogP contribution is -2.42. The lowest BCUT2D eigenvalue weighted by molar-refractivity contribution is 0.125. The smallest absolute Gasteiger partial charge is 0.219 e. The highest BCUT2D eigenvalue weighted by molar-refractivity contribution is 5.66. The molecule has 0 spiro atoms. The second kappa shape index (κ2) is 6.15. The molecule has 3 nitrogen and oxygen atoms in total. The lowest BCUT2D eigenvalue weighted by atomic mass is 9.59. The Labute approximate surface area is 170 Å². The maximum absolute atomic E-state index is 13.4. The van der Waals surface area contributed by atoms with Crippen molar-refractivity contribution in [2.45, 2.75) is 52.4 Å². The molecule has 1 aromatic carbocycles. The van der Waals surface area contributed by atoms with Gasteiger partial charge in [0.1, 0.15) is 0 Å². The number of halogens is 2. The van der Waals surface area contributed by atoms with Gasteiger partial charge in [0.2, 0.25) is 11.9 Å². The molecule has 0 fully saturated rings. The number of pyridine rings is 1. The van der Waals surface area contributed by atoms with E-state index in [1.807, 2.05) is 6.07 Å². The van der Waals surface area contributed by atoms with E-state index < -0.39 is 11.9 Å². The summed E-state index contributed by atoms with van der Waals surface area (Å²) in [6.07, 6.45) is 1.55. The summed E-state index contributed by atoms with van der Waals surface area (Å²) in [7, 11) is 0. The first-order chi connectivity index (χ1) is 13.4. The average molecular weight is 393 g/mol. The lowest BCUT2D eigenvalue weighted by Gasteiger charge is -2.44. The number of aromatic nitrogens is 3. The van der Waals surface area contributed by atoms with Crippen LogP contribution in [0.2, 0.25) is 0 Å². The molecule has 0 saturated heterocycles. The van der Waals surface area contributed by atoms with Crippen LogP contribution in [0.3, 0.4) is 0 Å². The molecule has 0 N–H and O–H groups in total. The number of hydrogen-bond acceptors (Lipinski definition) is 3. The van der Waals surface area contributed by atoms with Crippen molar-refractivity contribution < 1.29 is 8.78 Å². The second-order valence-electron chi connectivity index (χ2n) is 9.40. The monoisotopic (exact) mass is 393 g/mol. The number of benzene rings is 1. The Morgan fingerprint density at radius 1 is 0.690 bits per heavy atom. The third kappa shape index (κ3) is 2.78. The molecule has 0 aliphatic heterocycles. The van der Waals surface area contributed by atoms with Crippen LogP contribution in [-0.4, -0.2) is 15.0 Å². The van der Waals surface area contributed by atoms with Crippen LogP contribution in [0.25, 0.3) is 22.6 Å². The first-order valence-electron chi connectivity index (χ1n) is 9.77. The van der Waals surface area contributed by atoms with E-state index in [0.717, 1.165) is 11.3 Å². The molecular weight excluding hydrogens is 368 g/mol. The molecule has 0 amide bonds. The van der Waals surface area contributed by atoms with Crippen LogP contribution in [-0.2, 0) is 10.8 Å². The molecule has 3 aromatic rings. The van der Waals surface area contributed by atoms with Crippen molar-refractivity contribution in [3.05, 3.63) is 65.6 Å². The SMILES string of the molecule is CC1(C)c2ccc(-c3ccc(-c4nc(F)cc(F)n4)cn3)cc2C(C)(C)C1(C)C. The van der Waals surface area contributed by atoms with Crippen LogP contribution in [0, 0.1) is 17.3 Å². The van der Waals surface area contributed by atoms with Crippen LogP contribution in [0.4, 0.5) is 8.78 Å². The third-order valence-electron chi connectivity index (χ3n) is 7.47. The average Bonchev–Trinajstić information content (AvgIpc) is 2.76. The molecule has 0 bridgehead atoms. The summed E-state index contributed by atoms with van der Waals surface area (Å²) in [5.41, 5.74) is 5.15. The summed E-state index contributed by atoms with van der Waals surface area (Å²) in [5, 5.41) is 0. The zero-order chi connectivity index (χ0) is 21.2. The molecule has 150 valence electrons. The minimum absolute atomic E-state index is 0.00865. The molecule has 0 atom stereocenters. The van der Waals surface area contributed by atoms with E-state index in [9.17, 15) is 8.78 Å². The van der Waals surface area contributed by atoms with Gasteiger partial charge in [-0.3, -0.25) is 4.98 Å². The Hall–Kier alpha value is -2.69. The van der Waals surface area contributed by atoms with Crippen LogP contribution in [0.15, 0.2) is 42.6 Å². The van der Waals surface area contributed by atoms with Gasteiger partial charge in [-0.1, -0.05) is 53.7 Å². The van der Waals surface area contributed by atoms with Crippen molar-refractivity contribution in [2.24, 2.45) is 5.41 Å². The van der Waals surface area contributed by atoms with Gasteiger partial charge >= 0.3 is 0 Å². The fraction of sp³-hybridized carbons (Fsp3) is 0.375. The van der Waals surface area contributed by atoms with E-state index >= 15 is 0 Å². The van der Waals surface area contributed by atoms with E-state index in [0.29, 0.717) is 11.6 Å². The maximum atomic E-state index is 13.4. The molecule has 2 heterocycles. The molecule has 1 aliphatic rings. The molecule has 0 radical (unpaired) electrons. The van der Waals surface area contributed by atoms with Crippen LogP contribution >= 0.6 is 0 Å². The Morgan fingerprint density at radius 2 is 1.28 bits per heavy atom. The molecule has 4 rings (SSSR count). The zero-order valence-electron chi connectivity index (χ0n) is 17.6. The van der Waals surface area contributed by atoms with Crippen molar-refractivity contribution in [3.8, 4) is 22.6 Å². The Balaban J connectivity index is 1.75. The predicted octanol–water partition coefficient (Wildman–Crippen LogP) is 6.08. The van der Waals surface area contributed by atoms with Crippen LogP contribution in [0.1, 0.15) is 52.7 Å². The quantitative estimate of drug-likeness (QED) is 0.495. The van der Waals surface area contributed by atoms with Gasteiger partial charge in [-0.15, -0.1) is 0 Å². The summed E-state index contributed by atoms with van der Waals surface area (Å²) in [6.45, 7) is 13.9. The van der Waals surface area contributed by atoms with Gasteiger partial charge < -0.3 is 0 Å². The number of rotatable bonds is 2. The Bertz CT molecular complexity index is 1080. The topological polar surface area (TPSA) is 38.7 Å². The minimum Gasteiger partial charge on any atom is -0.255 e. The van der Waals surface area contributed by atoms with Crippen LogP contribution < -0.4 is 0 Å². The number of nitrogens with zero attached hydrogens (tertiary/aromatic N) is 3. The van der Waals surface area contributed by atoms with Gasteiger partial charge in [-0.25, -0.2) is 0 Å². The highest BCUT2D eigenvalue weighted by atomic mass is 19.1. The fourth-order valence-corrected chi connectivity index (χ4v) is 4.44. The van der Waals surface area contributed by atoms with Crippen LogP contribution in [0.5, 0.6) is 0 Å². The van der Waals surface area contributed by atoms with Gasteiger partial charge in [0.05, 0.1) is 5.69 Å². The van der Waals surface area contributed by atoms with E-state index in [4.69, 9.17) is 0 Å². The van der Waals surface area contributed by atoms with E-state index in [1.54, 1.807) is 12.3 Å². The van der Waals surface area contributed by atoms with Gasteiger partial charge in [0.15, 0.2) is 5.82 Å². The summed E-state index contributed by atoms with van der Waals surface area (Å²) < 4.78 is 26.7. The molecule has 1 aliphatic carbocycles. The molecule has 0 saturated carbocycles. The first kappa shape index (κ1) is 19.6. The van der Waals surface area contributed by atoms with E-state index in [2.05, 4.69) is 74.7 Å². The van der Waals surface area contributed by atoms with Crippen molar-refractivity contribution in [3.63, 3.8) is 0 Å². The number of fused-ring (bicyclic) bond motifs is 1. The molecule has 2 aromatic heterocycles. The summed E-state index contributed by atoms with van der Waals surface area (Å²) >= 11 is 0. The Kier molecular flexibility index (Phi) is 4.16.